The summed E-state index contributed by atoms with van der Waals surface area (Å²) in [5, 5.41) is 0. The van der Waals surface area contributed by atoms with Gasteiger partial charge in [0.1, 0.15) is 5.65 Å². The molecule has 0 radical (unpaired) electrons. The molecule has 3 aromatic rings. The van der Waals surface area contributed by atoms with Gasteiger partial charge in [-0.2, -0.15) is 0 Å². The average molecular weight is 326 g/mol. The Bertz CT molecular complexity index is 904. The predicted octanol–water partition coefficient (Wildman–Crippen LogP) is 2.49. The minimum Gasteiger partial charge on any atom is -0.269 e. The molecule has 2 aromatic heterocycles. The van der Waals surface area contributed by atoms with Crippen LogP contribution in [0.25, 0.3) is 5.65 Å². The Labute approximate surface area is 137 Å². The second-order valence-corrected chi connectivity index (χ2v) is 7.12. The topological polar surface area (TPSA) is 51.4 Å². The van der Waals surface area contributed by atoms with Gasteiger partial charge < -0.3 is 0 Å². The maximum atomic E-state index is 12.2. The smallest absolute Gasteiger partial charge is 0.258 e. The summed E-state index contributed by atoms with van der Waals surface area (Å²) in [6, 6.07) is 15.2. The summed E-state index contributed by atoms with van der Waals surface area (Å²) in [6.07, 6.45) is 2.53. The normalized spacial score (nSPS) is 12.4. The molecule has 0 spiro atoms. The van der Waals surface area contributed by atoms with Crippen LogP contribution in [-0.4, -0.2) is 19.3 Å². The Kier molecular flexibility index (Phi) is 4.67. The van der Waals surface area contributed by atoms with Crippen molar-refractivity contribution in [2.45, 2.75) is 19.1 Å². The summed E-state index contributed by atoms with van der Waals surface area (Å²) >= 11 is 0. The van der Waals surface area contributed by atoms with Crippen LogP contribution in [0.5, 0.6) is 0 Å². The Morgan fingerprint density at radius 1 is 1.13 bits per heavy atom. The molecule has 0 aliphatic carbocycles. The van der Waals surface area contributed by atoms with Crippen LogP contribution in [0.2, 0.25) is 0 Å². The zero-order chi connectivity index (χ0) is 16.2. The number of pyridine rings is 1. The zero-order valence-corrected chi connectivity index (χ0v) is 13.8. The number of aromatic nitrogens is 2. The molecule has 2 heterocycles. The molecule has 0 bridgehead atoms. The van der Waals surface area contributed by atoms with Crippen molar-refractivity contribution in [2.75, 3.05) is 5.75 Å². The lowest BCUT2D eigenvalue weighted by Gasteiger charge is -2.05. The second kappa shape index (κ2) is 6.87. The van der Waals surface area contributed by atoms with Gasteiger partial charge in [-0.1, -0.05) is 36.4 Å². The minimum atomic E-state index is -1.04. The quantitative estimate of drug-likeness (QED) is 0.724. The van der Waals surface area contributed by atoms with Crippen LogP contribution >= 0.6 is 0 Å². The highest BCUT2D eigenvalue weighted by Crippen LogP contribution is 2.06. The summed E-state index contributed by atoms with van der Waals surface area (Å²) < 4.78 is 13.8. The van der Waals surface area contributed by atoms with Gasteiger partial charge in [-0.05, 0) is 30.5 Å². The van der Waals surface area contributed by atoms with Crippen molar-refractivity contribution in [1.29, 1.82) is 0 Å². The number of hydrogen-bond donors (Lipinski definition) is 0. The van der Waals surface area contributed by atoms with Crippen molar-refractivity contribution in [3.8, 4) is 0 Å². The van der Waals surface area contributed by atoms with E-state index in [4.69, 9.17) is 0 Å². The summed E-state index contributed by atoms with van der Waals surface area (Å²) in [5.41, 5.74) is 3.22. The lowest BCUT2D eigenvalue weighted by molar-refractivity contribution is 0.681. The van der Waals surface area contributed by atoms with Crippen LogP contribution in [0.3, 0.4) is 0 Å². The van der Waals surface area contributed by atoms with E-state index in [1.807, 2.05) is 49.4 Å². The largest absolute Gasteiger partial charge is 0.269 e. The second-order valence-electron chi connectivity index (χ2n) is 5.54. The van der Waals surface area contributed by atoms with E-state index < -0.39 is 10.8 Å². The average Bonchev–Trinajstić information content (AvgIpc) is 2.55. The van der Waals surface area contributed by atoms with Gasteiger partial charge in [-0.15, -0.1) is 0 Å². The fraction of sp³-hybridized carbons (Fsp3) is 0.222. The van der Waals surface area contributed by atoms with E-state index in [2.05, 4.69) is 4.98 Å². The van der Waals surface area contributed by atoms with E-state index in [1.54, 1.807) is 6.20 Å². The number of rotatable bonds is 5. The molecule has 0 aliphatic heterocycles. The molecule has 0 aliphatic rings. The number of benzene rings is 1. The third-order valence-electron chi connectivity index (χ3n) is 3.63. The SMILES string of the molecule is Cc1ccc2nc(C[S@@](=O)CCc3ccccc3)cc(=O)n2c1. The molecule has 23 heavy (non-hydrogen) atoms. The standard InChI is InChI=1S/C18H18N2O2S/c1-14-7-8-17-19-16(11-18(21)20(17)12-14)13-23(22)10-9-15-5-3-2-4-6-15/h2-8,11-12H,9-10,13H2,1H3/t23-/m0/s1. The van der Waals surface area contributed by atoms with Crippen LogP contribution in [0.15, 0.2) is 59.5 Å². The van der Waals surface area contributed by atoms with Crippen LogP contribution in [0, 0.1) is 6.92 Å². The van der Waals surface area contributed by atoms with Crippen molar-refractivity contribution >= 4 is 16.4 Å². The zero-order valence-electron chi connectivity index (χ0n) is 12.9. The lowest BCUT2D eigenvalue weighted by Crippen LogP contribution is -2.17. The molecule has 3 rings (SSSR count). The van der Waals surface area contributed by atoms with E-state index in [0.29, 0.717) is 22.8 Å². The first-order valence-corrected chi connectivity index (χ1v) is 8.98. The van der Waals surface area contributed by atoms with Gasteiger partial charge in [0, 0.05) is 28.8 Å². The molecule has 1 aromatic carbocycles. The highest BCUT2D eigenvalue weighted by atomic mass is 32.2. The molecule has 0 saturated heterocycles. The summed E-state index contributed by atoms with van der Waals surface area (Å²) in [4.78, 5) is 16.6. The molecule has 5 heteroatoms. The maximum Gasteiger partial charge on any atom is 0.258 e. The van der Waals surface area contributed by atoms with Crippen LogP contribution in [-0.2, 0) is 23.0 Å². The summed E-state index contributed by atoms with van der Waals surface area (Å²) in [7, 11) is -1.04. The van der Waals surface area contributed by atoms with Crippen LogP contribution in [0.1, 0.15) is 16.8 Å². The van der Waals surface area contributed by atoms with Crippen molar-refractivity contribution < 1.29 is 4.21 Å². The highest BCUT2D eigenvalue weighted by Gasteiger charge is 2.07. The number of hydrogen-bond acceptors (Lipinski definition) is 3. The van der Waals surface area contributed by atoms with Gasteiger partial charge in [0.15, 0.2) is 0 Å². The van der Waals surface area contributed by atoms with Crippen molar-refractivity contribution in [3.05, 3.63) is 81.9 Å². The van der Waals surface area contributed by atoms with Gasteiger partial charge in [-0.3, -0.25) is 13.4 Å². The maximum absolute atomic E-state index is 12.2. The third-order valence-corrected chi connectivity index (χ3v) is 4.91. The Balaban J connectivity index is 1.72. The molecule has 0 saturated carbocycles. The van der Waals surface area contributed by atoms with E-state index >= 15 is 0 Å². The van der Waals surface area contributed by atoms with Gasteiger partial charge in [0.2, 0.25) is 0 Å². The fourth-order valence-electron chi connectivity index (χ4n) is 2.45. The minimum absolute atomic E-state index is 0.131. The van der Waals surface area contributed by atoms with Gasteiger partial charge in [0.05, 0.1) is 11.4 Å². The van der Waals surface area contributed by atoms with Gasteiger partial charge >= 0.3 is 0 Å². The molecule has 0 fully saturated rings. The summed E-state index contributed by atoms with van der Waals surface area (Å²) in [5.74, 6) is 0.880. The molecule has 4 nitrogen and oxygen atoms in total. The van der Waals surface area contributed by atoms with E-state index in [0.717, 1.165) is 12.0 Å². The third kappa shape index (κ3) is 3.93. The molecule has 0 N–H and O–H groups in total. The molecule has 0 unspecified atom stereocenters. The Morgan fingerprint density at radius 3 is 2.70 bits per heavy atom. The first-order valence-electron chi connectivity index (χ1n) is 7.50. The fourth-order valence-corrected chi connectivity index (χ4v) is 3.53. The van der Waals surface area contributed by atoms with Crippen molar-refractivity contribution in [2.24, 2.45) is 0 Å². The van der Waals surface area contributed by atoms with E-state index in [1.165, 1.54) is 16.0 Å². The summed E-state index contributed by atoms with van der Waals surface area (Å²) in [6.45, 7) is 1.93. The Hall–Kier alpha value is -2.27. The van der Waals surface area contributed by atoms with Crippen molar-refractivity contribution in [3.63, 3.8) is 0 Å². The predicted molar refractivity (Wildman–Crippen MR) is 93.1 cm³/mol. The van der Waals surface area contributed by atoms with E-state index in [-0.39, 0.29) is 5.56 Å². The number of aryl methyl sites for hydroxylation is 2. The van der Waals surface area contributed by atoms with Crippen molar-refractivity contribution in [1.82, 2.24) is 9.38 Å². The molecular formula is C18H18N2O2S. The van der Waals surface area contributed by atoms with Crippen LogP contribution in [0.4, 0.5) is 0 Å². The van der Waals surface area contributed by atoms with Gasteiger partial charge in [-0.25, -0.2) is 4.98 Å². The molecule has 118 valence electrons. The monoisotopic (exact) mass is 326 g/mol. The van der Waals surface area contributed by atoms with Gasteiger partial charge in [0.25, 0.3) is 5.56 Å². The molecule has 1 atom stereocenters. The molecular weight excluding hydrogens is 308 g/mol. The lowest BCUT2D eigenvalue weighted by atomic mass is 10.2. The number of nitrogens with zero attached hydrogens (tertiary/aromatic N) is 2. The number of fused-ring (bicyclic) bond motifs is 1. The first kappa shape index (κ1) is 15.6. The highest BCUT2D eigenvalue weighted by molar-refractivity contribution is 7.84. The Morgan fingerprint density at radius 2 is 1.91 bits per heavy atom. The van der Waals surface area contributed by atoms with Crippen LogP contribution < -0.4 is 5.56 Å². The van der Waals surface area contributed by atoms with E-state index in [9.17, 15) is 9.00 Å². The first-order chi connectivity index (χ1) is 11.1. The molecule has 0 amide bonds.